The van der Waals surface area contributed by atoms with E-state index in [1.807, 2.05) is 35.2 Å². The predicted octanol–water partition coefficient (Wildman–Crippen LogP) is 2.19. The highest BCUT2D eigenvalue weighted by Crippen LogP contribution is 2.38. The van der Waals surface area contributed by atoms with Gasteiger partial charge in [0.15, 0.2) is 12.4 Å². The Morgan fingerprint density at radius 3 is 2.65 bits per heavy atom. The zero-order valence-electron chi connectivity index (χ0n) is 14.8. The highest BCUT2D eigenvalue weighted by atomic mass is 16.5. The highest BCUT2D eigenvalue weighted by molar-refractivity contribution is 5.77. The van der Waals surface area contributed by atoms with Gasteiger partial charge in [0.05, 0.1) is 5.54 Å². The number of aromatic nitrogens is 2. The van der Waals surface area contributed by atoms with Crippen molar-refractivity contribution in [3.63, 3.8) is 0 Å². The van der Waals surface area contributed by atoms with Gasteiger partial charge in [0.2, 0.25) is 5.89 Å². The van der Waals surface area contributed by atoms with Crippen LogP contribution < -0.4 is 10.5 Å². The molecule has 2 heterocycles. The van der Waals surface area contributed by atoms with Gasteiger partial charge in [0.25, 0.3) is 5.91 Å². The number of hydrogen-bond donors (Lipinski definition) is 1. The minimum Gasteiger partial charge on any atom is -0.484 e. The quantitative estimate of drug-likeness (QED) is 0.882. The van der Waals surface area contributed by atoms with Gasteiger partial charge in [-0.25, -0.2) is 0 Å². The van der Waals surface area contributed by atoms with E-state index < -0.39 is 5.54 Å². The Morgan fingerprint density at radius 2 is 2.00 bits per heavy atom. The molecule has 7 heteroatoms. The molecule has 1 saturated carbocycles. The topological polar surface area (TPSA) is 94.5 Å². The molecular weight excluding hydrogens is 332 g/mol. The molecule has 1 aliphatic heterocycles. The summed E-state index contributed by atoms with van der Waals surface area (Å²) in [6.07, 6.45) is 4.58. The Hall–Kier alpha value is -2.41. The zero-order valence-corrected chi connectivity index (χ0v) is 14.8. The van der Waals surface area contributed by atoms with Crippen LogP contribution in [0.25, 0.3) is 0 Å². The second kappa shape index (κ2) is 7.07. The van der Waals surface area contributed by atoms with Crippen LogP contribution in [0.3, 0.4) is 0 Å². The summed E-state index contributed by atoms with van der Waals surface area (Å²) in [5.41, 5.74) is 5.86. The fourth-order valence-electron chi connectivity index (χ4n) is 3.51. The third kappa shape index (κ3) is 3.44. The Morgan fingerprint density at radius 1 is 1.27 bits per heavy atom. The first-order valence-corrected chi connectivity index (χ1v) is 9.23. The number of nitrogens with zero attached hydrogens (tertiary/aromatic N) is 3. The molecule has 1 amide bonds. The van der Waals surface area contributed by atoms with E-state index in [-0.39, 0.29) is 18.4 Å². The molecule has 7 nitrogen and oxygen atoms in total. The van der Waals surface area contributed by atoms with E-state index in [4.69, 9.17) is 15.0 Å². The summed E-state index contributed by atoms with van der Waals surface area (Å²) in [7, 11) is 0. The van der Waals surface area contributed by atoms with E-state index in [1.165, 1.54) is 0 Å². The normalized spacial score (nSPS) is 19.8. The smallest absolute Gasteiger partial charge is 0.260 e. The van der Waals surface area contributed by atoms with Gasteiger partial charge in [0, 0.05) is 19.0 Å². The predicted molar refractivity (Wildman–Crippen MR) is 94.5 cm³/mol. The second-order valence-electron chi connectivity index (χ2n) is 7.22. The molecule has 1 aromatic carbocycles. The van der Waals surface area contributed by atoms with E-state index in [0.717, 1.165) is 32.1 Å². The molecule has 0 unspecified atom stereocenters. The van der Waals surface area contributed by atoms with Crippen LogP contribution >= 0.6 is 0 Å². The summed E-state index contributed by atoms with van der Waals surface area (Å²) in [4.78, 5) is 18.7. The molecule has 2 fully saturated rings. The molecule has 1 saturated heterocycles. The number of ether oxygens (including phenoxy) is 1. The van der Waals surface area contributed by atoms with Gasteiger partial charge in [-0.2, -0.15) is 4.98 Å². The number of carbonyl (C=O) groups is 1. The van der Waals surface area contributed by atoms with Crippen molar-refractivity contribution in [1.29, 1.82) is 0 Å². The lowest BCUT2D eigenvalue weighted by molar-refractivity contribution is -0.134. The van der Waals surface area contributed by atoms with Crippen molar-refractivity contribution in [2.45, 2.75) is 43.6 Å². The van der Waals surface area contributed by atoms with E-state index in [2.05, 4.69) is 10.1 Å². The van der Waals surface area contributed by atoms with Crippen molar-refractivity contribution in [2.24, 2.45) is 5.73 Å². The maximum Gasteiger partial charge on any atom is 0.260 e. The van der Waals surface area contributed by atoms with E-state index in [9.17, 15) is 4.79 Å². The van der Waals surface area contributed by atoms with Gasteiger partial charge in [-0.15, -0.1) is 0 Å². The summed E-state index contributed by atoms with van der Waals surface area (Å²) < 4.78 is 11.0. The number of nitrogens with two attached hydrogens (primary N) is 1. The minimum atomic E-state index is -0.396. The second-order valence-corrected chi connectivity index (χ2v) is 7.22. The summed E-state index contributed by atoms with van der Waals surface area (Å²) in [6.45, 7) is 1.41. The third-order valence-electron chi connectivity index (χ3n) is 5.44. The van der Waals surface area contributed by atoms with Crippen LogP contribution in [0.4, 0.5) is 0 Å². The molecule has 0 radical (unpaired) electrons. The maximum atomic E-state index is 12.3. The Labute approximate surface area is 152 Å². The molecular formula is C19H24N4O3. The molecule has 2 N–H and O–H groups in total. The zero-order chi connectivity index (χ0) is 18.0. The number of piperidine rings is 1. The van der Waals surface area contributed by atoms with Crippen LogP contribution in [0.2, 0.25) is 0 Å². The van der Waals surface area contributed by atoms with Gasteiger partial charge in [-0.1, -0.05) is 23.4 Å². The summed E-state index contributed by atoms with van der Waals surface area (Å²) >= 11 is 0. The summed E-state index contributed by atoms with van der Waals surface area (Å²) in [6, 6.07) is 9.38. The first-order chi connectivity index (χ1) is 12.6. The number of benzene rings is 1. The van der Waals surface area contributed by atoms with Crippen LogP contribution in [0, 0.1) is 0 Å². The van der Waals surface area contributed by atoms with E-state index >= 15 is 0 Å². The first kappa shape index (κ1) is 17.0. The number of amides is 1. The monoisotopic (exact) mass is 356 g/mol. The van der Waals surface area contributed by atoms with E-state index in [0.29, 0.717) is 30.6 Å². The SMILES string of the molecule is NC1(c2noc(C3CCN(C(=O)COc4ccccc4)CC3)n2)CCC1. The van der Waals surface area contributed by atoms with Gasteiger partial charge in [0.1, 0.15) is 5.75 Å². The Balaban J connectivity index is 1.28. The molecule has 0 atom stereocenters. The number of para-hydroxylation sites is 1. The van der Waals surface area contributed by atoms with Gasteiger partial charge >= 0.3 is 0 Å². The fraction of sp³-hybridized carbons (Fsp3) is 0.526. The molecule has 26 heavy (non-hydrogen) atoms. The third-order valence-corrected chi connectivity index (χ3v) is 5.44. The lowest BCUT2D eigenvalue weighted by Gasteiger charge is -2.34. The van der Waals surface area contributed by atoms with Crippen LogP contribution in [0.1, 0.15) is 49.7 Å². The standard InChI is InChI=1S/C19H24N4O3/c20-19(9-4-10-19)18-21-17(26-22-18)14-7-11-23(12-8-14)16(24)13-25-15-5-2-1-3-6-15/h1-3,5-6,14H,4,7-13,20H2. The van der Waals surface area contributed by atoms with Gasteiger partial charge in [-0.3, -0.25) is 4.79 Å². The van der Waals surface area contributed by atoms with Crippen LogP contribution in [-0.4, -0.2) is 40.6 Å². The molecule has 4 rings (SSSR count). The first-order valence-electron chi connectivity index (χ1n) is 9.23. The molecule has 1 aromatic heterocycles. The van der Waals surface area contributed by atoms with Crippen molar-refractivity contribution in [3.8, 4) is 5.75 Å². The summed E-state index contributed by atoms with van der Waals surface area (Å²) in [5, 5.41) is 4.09. The largest absolute Gasteiger partial charge is 0.484 e. The van der Waals surface area contributed by atoms with E-state index in [1.54, 1.807) is 0 Å². The minimum absolute atomic E-state index is 0.00824. The van der Waals surface area contributed by atoms with Crippen molar-refractivity contribution < 1.29 is 14.1 Å². The maximum absolute atomic E-state index is 12.3. The lowest BCUT2D eigenvalue weighted by atomic mass is 9.77. The molecule has 138 valence electrons. The van der Waals surface area contributed by atoms with Crippen LogP contribution in [-0.2, 0) is 10.3 Å². The molecule has 1 aliphatic carbocycles. The van der Waals surface area contributed by atoms with Crippen molar-refractivity contribution in [2.75, 3.05) is 19.7 Å². The van der Waals surface area contributed by atoms with Crippen LogP contribution in [0.15, 0.2) is 34.9 Å². The van der Waals surface area contributed by atoms with Gasteiger partial charge in [-0.05, 0) is 44.2 Å². The Kier molecular flexibility index (Phi) is 4.63. The average Bonchev–Trinajstić information content (AvgIpc) is 3.16. The number of hydrogen-bond acceptors (Lipinski definition) is 6. The number of carbonyl (C=O) groups excluding carboxylic acids is 1. The molecule has 0 bridgehead atoms. The van der Waals surface area contributed by atoms with Crippen LogP contribution in [0.5, 0.6) is 5.75 Å². The molecule has 2 aromatic rings. The highest BCUT2D eigenvalue weighted by Gasteiger charge is 2.39. The van der Waals surface area contributed by atoms with Crippen molar-refractivity contribution in [3.05, 3.63) is 42.0 Å². The fourth-order valence-corrected chi connectivity index (χ4v) is 3.51. The number of rotatable bonds is 5. The average molecular weight is 356 g/mol. The lowest BCUT2D eigenvalue weighted by Crippen LogP contribution is -2.44. The Bertz CT molecular complexity index is 749. The van der Waals surface area contributed by atoms with Gasteiger partial charge < -0.3 is 19.9 Å². The molecule has 0 spiro atoms. The summed E-state index contributed by atoms with van der Waals surface area (Å²) in [5.74, 6) is 2.20. The van der Waals surface area contributed by atoms with Crippen molar-refractivity contribution in [1.82, 2.24) is 15.0 Å². The number of likely N-dealkylation sites (tertiary alicyclic amines) is 1. The van der Waals surface area contributed by atoms with Crippen molar-refractivity contribution >= 4 is 5.91 Å². The molecule has 2 aliphatic rings.